The molecule has 0 spiro atoms. The van der Waals surface area contributed by atoms with Crippen molar-refractivity contribution in [1.82, 2.24) is 4.90 Å². The highest BCUT2D eigenvalue weighted by Crippen LogP contribution is 2.40. The molecule has 3 aromatic carbocycles. The minimum absolute atomic E-state index is 0.0266. The standard InChI is InChI=1S/C26H21BrFNO4S/c1-16-7-3-4-8-18(16)14-29-25(30)23(34-26(29)31)13-17-11-20(27)24(22(12-17)32-2)33-15-19-9-5-6-10-21(19)28/h3-13H,14-15H2,1-2H3/b23-13-. The zero-order valence-electron chi connectivity index (χ0n) is 18.5. The molecule has 3 aromatic rings. The Morgan fingerprint density at radius 1 is 1.06 bits per heavy atom. The molecule has 1 saturated heterocycles. The quantitative estimate of drug-likeness (QED) is 0.310. The lowest BCUT2D eigenvalue weighted by Gasteiger charge is -2.14. The summed E-state index contributed by atoms with van der Waals surface area (Å²) < 4.78 is 25.8. The van der Waals surface area contributed by atoms with Crippen LogP contribution < -0.4 is 9.47 Å². The van der Waals surface area contributed by atoms with E-state index in [1.54, 1.807) is 36.4 Å². The van der Waals surface area contributed by atoms with Gasteiger partial charge in [0.05, 0.1) is 23.0 Å². The van der Waals surface area contributed by atoms with Gasteiger partial charge in [-0.05, 0) is 75.6 Å². The number of methoxy groups -OCH3 is 1. The number of benzene rings is 3. The normalized spacial score (nSPS) is 14.7. The molecule has 0 saturated carbocycles. The van der Waals surface area contributed by atoms with Gasteiger partial charge in [0.2, 0.25) is 0 Å². The molecule has 0 unspecified atom stereocenters. The molecular weight excluding hydrogens is 521 g/mol. The molecule has 2 amide bonds. The van der Waals surface area contributed by atoms with Crippen LogP contribution in [0.5, 0.6) is 11.5 Å². The molecule has 1 fully saturated rings. The first kappa shape index (κ1) is 24.0. The van der Waals surface area contributed by atoms with Crippen LogP contribution in [-0.2, 0) is 17.9 Å². The van der Waals surface area contributed by atoms with Gasteiger partial charge in [-0.15, -0.1) is 0 Å². The number of hydrogen-bond donors (Lipinski definition) is 0. The maximum atomic E-state index is 13.9. The molecule has 0 N–H and O–H groups in total. The summed E-state index contributed by atoms with van der Waals surface area (Å²) in [4.78, 5) is 27.1. The Bertz CT molecular complexity index is 1290. The van der Waals surface area contributed by atoms with Crippen molar-refractivity contribution < 1.29 is 23.5 Å². The van der Waals surface area contributed by atoms with Crippen molar-refractivity contribution in [3.63, 3.8) is 0 Å². The van der Waals surface area contributed by atoms with Crippen LogP contribution in [0.3, 0.4) is 0 Å². The Balaban J connectivity index is 1.55. The third-order valence-electron chi connectivity index (χ3n) is 5.34. The summed E-state index contributed by atoms with van der Waals surface area (Å²) in [5, 5.41) is -0.310. The summed E-state index contributed by atoms with van der Waals surface area (Å²) in [6.45, 7) is 2.20. The molecule has 0 radical (unpaired) electrons. The van der Waals surface area contributed by atoms with Crippen molar-refractivity contribution >= 4 is 44.9 Å². The number of halogens is 2. The van der Waals surface area contributed by atoms with Gasteiger partial charge in [0.15, 0.2) is 11.5 Å². The van der Waals surface area contributed by atoms with E-state index in [2.05, 4.69) is 15.9 Å². The summed E-state index contributed by atoms with van der Waals surface area (Å²) >= 11 is 4.38. The molecule has 1 heterocycles. The minimum atomic E-state index is -0.351. The zero-order valence-corrected chi connectivity index (χ0v) is 20.9. The van der Waals surface area contributed by atoms with Crippen molar-refractivity contribution in [2.45, 2.75) is 20.1 Å². The van der Waals surface area contributed by atoms with Crippen molar-refractivity contribution in [3.8, 4) is 11.5 Å². The number of carbonyl (C=O) groups excluding carboxylic acids is 2. The molecule has 1 aliphatic heterocycles. The van der Waals surface area contributed by atoms with Crippen molar-refractivity contribution in [2.75, 3.05) is 7.11 Å². The van der Waals surface area contributed by atoms with E-state index >= 15 is 0 Å². The van der Waals surface area contributed by atoms with Gasteiger partial charge in [0, 0.05) is 5.56 Å². The largest absolute Gasteiger partial charge is 0.493 e. The number of amides is 2. The number of nitrogens with zero attached hydrogens (tertiary/aromatic N) is 1. The van der Waals surface area contributed by atoms with Crippen LogP contribution in [0.4, 0.5) is 9.18 Å². The lowest BCUT2D eigenvalue weighted by molar-refractivity contribution is -0.123. The van der Waals surface area contributed by atoms with E-state index in [0.717, 1.165) is 22.9 Å². The molecule has 174 valence electrons. The Labute approximate surface area is 209 Å². The molecular formula is C26H21BrFNO4S. The van der Waals surface area contributed by atoms with E-state index in [1.165, 1.54) is 18.1 Å². The summed E-state index contributed by atoms with van der Waals surface area (Å²) in [6, 6.07) is 17.5. The van der Waals surface area contributed by atoms with Gasteiger partial charge in [-0.2, -0.15) is 0 Å². The Morgan fingerprint density at radius 3 is 2.47 bits per heavy atom. The van der Waals surface area contributed by atoms with E-state index in [-0.39, 0.29) is 30.1 Å². The highest BCUT2D eigenvalue weighted by atomic mass is 79.9. The molecule has 4 rings (SSSR count). The topological polar surface area (TPSA) is 55.8 Å². The molecule has 0 atom stereocenters. The van der Waals surface area contributed by atoms with Gasteiger partial charge in [-0.25, -0.2) is 4.39 Å². The van der Waals surface area contributed by atoms with Gasteiger partial charge in [0.25, 0.3) is 11.1 Å². The molecule has 0 aromatic heterocycles. The second-order valence-corrected chi connectivity index (χ2v) is 9.46. The first-order valence-corrected chi connectivity index (χ1v) is 12.0. The molecule has 8 heteroatoms. The van der Waals surface area contributed by atoms with Crippen LogP contribution in [0.1, 0.15) is 22.3 Å². The first-order chi connectivity index (χ1) is 16.4. The summed E-state index contributed by atoms with van der Waals surface area (Å²) in [5.41, 5.74) is 3.02. The average Bonchev–Trinajstić information content (AvgIpc) is 3.07. The zero-order chi connectivity index (χ0) is 24.2. The van der Waals surface area contributed by atoms with Crippen molar-refractivity contribution in [3.05, 3.63) is 98.1 Å². The molecule has 1 aliphatic rings. The summed E-state index contributed by atoms with van der Waals surface area (Å²) in [7, 11) is 1.50. The highest BCUT2D eigenvalue weighted by Gasteiger charge is 2.35. The van der Waals surface area contributed by atoms with Crippen molar-refractivity contribution in [1.29, 1.82) is 0 Å². The molecule has 0 bridgehead atoms. The SMILES string of the molecule is COc1cc(/C=C2\SC(=O)N(Cc3ccccc3C)C2=O)cc(Br)c1OCc1ccccc1F. The van der Waals surface area contributed by atoms with E-state index in [9.17, 15) is 14.0 Å². The smallest absolute Gasteiger partial charge is 0.293 e. The molecule has 0 aliphatic carbocycles. The van der Waals surface area contributed by atoms with Gasteiger partial charge in [-0.1, -0.05) is 42.5 Å². The third-order valence-corrected chi connectivity index (χ3v) is 6.84. The number of ether oxygens (including phenoxy) is 2. The van der Waals surface area contributed by atoms with E-state index < -0.39 is 0 Å². The number of hydrogen-bond acceptors (Lipinski definition) is 5. The number of aryl methyl sites for hydroxylation is 1. The van der Waals surface area contributed by atoms with Crippen LogP contribution in [0, 0.1) is 12.7 Å². The Hall–Kier alpha value is -3.10. The van der Waals surface area contributed by atoms with E-state index in [0.29, 0.717) is 32.0 Å². The lowest BCUT2D eigenvalue weighted by Crippen LogP contribution is -2.27. The van der Waals surface area contributed by atoms with Crippen LogP contribution in [0.25, 0.3) is 6.08 Å². The number of rotatable bonds is 7. The van der Waals surface area contributed by atoms with Crippen LogP contribution in [-0.4, -0.2) is 23.2 Å². The predicted molar refractivity (Wildman–Crippen MR) is 134 cm³/mol. The second-order valence-electron chi connectivity index (χ2n) is 7.61. The number of thioether (sulfide) groups is 1. The van der Waals surface area contributed by atoms with Crippen LogP contribution >= 0.6 is 27.7 Å². The van der Waals surface area contributed by atoms with Crippen LogP contribution in [0.2, 0.25) is 0 Å². The minimum Gasteiger partial charge on any atom is -0.493 e. The molecule has 5 nitrogen and oxygen atoms in total. The average molecular weight is 542 g/mol. The highest BCUT2D eigenvalue weighted by molar-refractivity contribution is 9.10. The fraction of sp³-hybridized carbons (Fsp3) is 0.154. The fourth-order valence-electron chi connectivity index (χ4n) is 3.47. The van der Waals surface area contributed by atoms with Gasteiger partial charge in [0.1, 0.15) is 12.4 Å². The number of carbonyl (C=O) groups is 2. The van der Waals surface area contributed by atoms with Gasteiger partial charge >= 0.3 is 0 Å². The second kappa shape index (κ2) is 10.4. The Kier molecular flexibility index (Phi) is 7.38. The van der Waals surface area contributed by atoms with Gasteiger partial charge in [-0.3, -0.25) is 14.5 Å². The number of imide groups is 1. The maximum Gasteiger partial charge on any atom is 0.293 e. The maximum absolute atomic E-state index is 13.9. The lowest BCUT2D eigenvalue weighted by atomic mass is 10.1. The van der Waals surface area contributed by atoms with E-state index in [1.807, 2.05) is 31.2 Å². The predicted octanol–water partition coefficient (Wildman–Crippen LogP) is 6.72. The van der Waals surface area contributed by atoms with E-state index in [4.69, 9.17) is 9.47 Å². The van der Waals surface area contributed by atoms with Gasteiger partial charge < -0.3 is 9.47 Å². The fourth-order valence-corrected chi connectivity index (χ4v) is 4.89. The monoisotopic (exact) mass is 541 g/mol. The third kappa shape index (κ3) is 5.18. The Morgan fingerprint density at radius 2 is 1.76 bits per heavy atom. The molecule has 34 heavy (non-hydrogen) atoms. The first-order valence-electron chi connectivity index (χ1n) is 10.4. The van der Waals surface area contributed by atoms with Crippen molar-refractivity contribution in [2.24, 2.45) is 0 Å². The summed E-state index contributed by atoms with van der Waals surface area (Å²) in [5.74, 6) is 0.135. The van der Waals surface area contributed by atoms with Crippen LogP contribution in [0.15, 0.2) is 70.0 Å². The summed E-state index contributed by atoms with van der Waals surface area (Å²) in [6.07, 6.45) is 1.65.